The predicted molar refractivity (Wildman–Crippen MR) is 96.3 cm³/mol. The van der Waals surface area contributed by atoms with Gasteiger partial charge >= 0.3 is 0 Å². The summed E-state index contributed by atoms with van der Waals surface area (Å²) in [4.78, 5) is 26.3. The molecule has 1 heterocycles. The highest BCUT2D eigenvalue weighted by atomic mass is 16.5. The average Bonchev–Trinajstić information content (AvgIpc) is 3.31. The van der Waals surface area contributed by atoms with Crippen LogP contribution in [0.5, 0.6) is 5.75 Å². The molecular formula is C19H27N3O3. The molecule has 136 valence electrons. The zero-order valence-electron chi connectivity index (χ0n) is 14.6. The standard InChI is InChI=1S/C19H27N3O3/c20-12-14-5-3-8-17(14)19(24)21-15-6-4-7-16(11-15)25-13-18(23)22-9-1-2-10-22/h4,6-7,11,14,17H,1-3,5,8-10,12-13,20H2,(H,21,24)/t14-,17-/m1/s1. The first kappa shape index (κ1) is 17.7. The van der Waals surface area contributed by atoms with Gasteiger partial charge in [0.15, 0.2) is 6.61 Å². The van der Waals surface area contributed by atoms with Crippen LogP contribution in [0.4, 0.5) is 5.69 Å². The second-order valence-corrected chi connectivity index (χ2v) is 6.93. The zero-order valence-corrected chi connectivity index (χ0v) is 14.6. The molecule has 0 spiro atoms. The van der Waals surface area contributed by atoms with Crippen LogP contribution in [0.1, 0.15) is 32.1 Å². The molecule has 1 saturated carbocycles. The molecule has 3 N–H and O–H groups in total. The summed E-state index contributed by atoms with van der Waals surface area (Å²) >= 11 is 0. The third kappa shape index (κ3) is 4.51. The molecule has 2 aliphatic rings. The molecule has 0 aromatic heterocycles. The van der Waals surface area contributed by atoms with E-state index in [1.54, 1.807) is 12.1 Å². The van der Waals surface area contributed by atoms with Crippen molar-refractivity contribution in [1.82, 2.24) is 4.90 Å². The lowest BCUT2D eigenvalue weighted by atomic mass is 9.95. The molecule has 1 aromatic carbocycles. The van der Waals surface area contributed by atoms with E-state index in [1.807, 2.05) is 17.0 Å². The van der Waals surface area contributed by atoms with Crippen LogP contribution in [0, 0.1) is 11.8 Å². The van der Waals surface area contributed by atoms with E-state index in [1.165, 1.54) is 0 Å². The third-order valence-corrected chi connectivity index (χ3v) is 5.22. The highest BCUT2D eigenvalue weighted by molar-refractivity contribution is 5.93. The van der Waals surface area contributed by atoms with Crippen molar-refractivity contribution in [2.45, 2.75) is 32.1 Å². The Hall–Kier alpha value is -2.08. The smallest absolute Gasteiger partial charge is 0.260 e. The Labute approximate surface area is 148 Å². The normalized spacial score (nSPS) is 22.8. The van der Waals surface area contributed by atoms with Gasteiger partial charge in [-0.25, -0.2) is 0 Å². The maximum atomic E-state index is 12.5. The van der Waals surface area contributed by atoms with E-state index in [9.17, 15) is 9.59 Å². The number of hydrogen-bond donors (Lipinski definition) is 2. The summed E-state index contributed by atoms with van der Waals surface area (Å²) in [7, 11) is 0. The van der Waals surface area contributed by atoms with Crippen LogP contribution >= 0.6 is 0 Å². The minimum absolute atomic E-state index is 0.00804. The molecule has 0 bridgehead atoms. The van der Waals surface area contributed by atoms with Crippen molar-refractivity contribution < 1.29 is 14.3 Å². The number of carbonyl (C=O) groups is 2. The predicted octanol–water partition coefficient (Wildman–Crippen LogP) is 2.00. The lowest BCUT2D eigenvalue weighted by Gasteiger charge is -2.18. The second kappa shape index (κ2) is 8.34. The average molecular weight is 345 g/mol. The molecule has 6 nitrogen and oxygen atoms in total. The van der Waals surface area contributed by atoms with Crippen molar-refractivity contribution in [2.75, 3.05) is 31.6 Å². The van der Waals surface area contributed by atoms with Gasteiger partial charge in [-0.1, -0.05) is 12.5 Å². The highest BCUT2D eigenvalue weighted by Gasteiger charge is 2.31. The Morgan fingerprint density at radius 1 is 1.20 bits per heavy atom. The molecule has 3 rings (SSSR count). The van der Waals surface area contributed by atoms with E-state index < -0.39 is 0 Å². The fourth-order valence-corrected chi connectivity index (χ4v) is 3.77. The first-order valence-corrected chi connectivity index (χ1v) is 9.19. The Kier molecular flexibility index (Phi) is 5.91. The van der Waals surface area contributed by atoms with E-state index in [0.717, 1.165) is 45.2 Å². The van der Waals surface area contributed by atoms with Gasteiger partial charge in [-0.05, 0) is 50.3 Å². The van der Waals surface area contributed by atoms with Gasteiger partial charge in [0.05, 0.1) is 0 Å². The summed E-state index contributed by atoms with van der Waals surface area (Å²) < 4.78 is 5.61. The highest BCUT2D eigenvalue weighted by Crippen LogP contribution is 2.32. The quantitative estimate of drug-likeness (QED) is 0.826. The van der Waals surface area contributed by atoms with Gasteiger partial charge in [-0.2, -0.15) is 0 Å². The van der Waals surface area contributed by atoms with Gasteiger partial charge < -0.3 is 20.7 Å². The van der Waals surface area contributed by atoms with Crippen LogP contribution in [0.3, 0.4) is 0 Å². The van der Waals surface area contributed by atoms with Crippen LogP contribution in [-0.4, -0.2) is 43.0 Å². The number of nitrogens with two attached hydrogens (primary N) is 1. The first-order valence-electron chi connectivity index (χ1n) is 9.19. The molecule has 6 heteroatoms. The number of nitrogens with one attached hydrogen (secondary N) is 1. The summed E-state index contributed by atoms with van der Waals surface area (Å²) in [6, 6.07) is 7.21. The largest absolute Gasteiger partial charge is 0.484 e. The van der Waals surface area contributed by atoms with Crippen molar-refractivity contribution in [3.8, 4) is 5.75 Å². The van der Waals surface area contributed by atoms with Crippen molar-refractivity contribution in [1.29, 1.82) is 0 Å². The second-order valence-electron chi connectivity index (χ2n) is 6.93. The number of ether oxygens (including phenoxy) is 1. The summed E-state index contributed by atoms with van der Waals surface area (Å²) in [6.07, 6.45) is 5.11. The molecule has 1 aliphatic carbocycles. The lowest BCUT2D eigenvalue weighted by molar-refractivity contribution is -0.132. The molecule has 2 fully saturated rings. The number of carbonyl (C=O) groups excluding carboxylic acids is 2. The molecule has 2 atom stereocenters. The number of rotatable bonds is 6. The molecule has 1 aliphatic heterocycles. The number of anilines is 1. The molecule has 1 saturated heterocycles. The van der Waals surface area contributed by atoms with Crippen LogP contribution in [0.15, 0.2) is 24.3 Å². The van der Waals surface area contributed by atoms with E-state index in [-0.39, 0.29) is 30.3 Å². The minimum Gasteiger partial charge on any atom is -0.484 e. The maximum absolute atomic E-state index is 12.5. The Morgan fingerprint density at radius 3 is 2.76 bits per heavy atom. The van der Waals surface area contributed by atoms with Crippen LogP contribution in [0.25, 0.3) is 0 Å². The number of hydrogen-bond acceptors (Lipinski definition) is 4. The van der Waals surface area contributed by atoms with Gasteiger partial charge in [-0.3, -0.25) is 9.59 Å². The number of likely N-dealkylation sites (tertiary alicyclic amines) is 1. The fraction of sp³-hybridized carbons (Fsp3) is 0.579. The van der Waals surface area contributed by atoms with Gasteiger partial charge in [0.1, 0.15) is 5.75 Å². The van der Waals surface area contributed by atoms with Crippen molar-refractivity contribution in [3.63, 3.8) is 0 Å². The summed E-state index contributed by atoms with van der Waals surface area (Å²) in [5.41, 5.74) is 6.46. The van der Waals surface area contributed by atoms with Gasteiger partial charge in [-0.15, -0.1) is 0 Å². The number of benzene rings is 1. The van der Waals surface area contributed by atoms with Crippen LogP contribution < -0.4 is 15.8 Å². The Balaban J connectivity index is 1.54. The summed E-state index contributed by atoms with van der Waals surface area (Å²) in [6.45, 7) is 2.24. The van der Waals surface area contributed by atoms with E-state index in [4.69, 9.17) is 10.5 Å². The lowest BCUT2D eigenvalue weighted by Crippen LogP contribution is -2.32. The molecule has 25 heavy (non-hydrogen) atoms. The molecule has 1 aromatic rings. The Bertz CT molecular complexity index is 614. The van der Waals surface area contributed by atoms with Crippen molar-refractivity contribution >= 4 is 17.5 Å². The summed E-state index contributed by atoms with van der Waals surface area (Å²) in [5.74, 6) is 0.901. The molecule has 0 unspecified atom stereocenters. The molecular weight excluding hydrogens is 318 g/mol. The topological polar surface area (TPSA) is 84.7 Å². The fourth-order valence-electron chi connectivity index (χ4n) is 3.77. The third-order valence-electron chi connectivity index (χ3n) is 5.22. The van der Waals surface area contributed by atoms with E-state index >= 15 is 0 Å². The van der Waals surface area contributed by atoms with Crippen molar-refractivity contribution in [3.05, 3.63) is 24.3 Å². The number of amides is 2. The van der Waals surface area contributed by atoms with Crippen LogP contribution in [-0.2, 0) is 9.59 Å². The minimum atomic E-state index is -0.00804. The van der Waals surface area contributed by atoms with E-state index in [0.29, 0.717) is 18.0 Å². The van der Waals surface area contributed by atoms with Crippen LogP contribution in [0.2, 0.25) is 0 Å². The molecule has 2 amide bonds. The Morgan fingerprint density at radius 2 is 2.00 bits per heavy atom. The maximum Gasteiger partial charge on any atom is 0.260 e. The van der Waals surface area contributed by atoms with Gasteiger partial charge in [0.25, 0.3) is 5.91 Å². The van der Waals surface area contributed by atoms with Gasteiger partial charge in [0, 0.05) is 30.8 Å². The van der Waals surface area contributed by atoms with Gasteiger partial charge in [0.2, 0.25) is 5.91 Å². The SMILES string of the molecule is NC[C@H]1CCC[C@H]1C(=O)Nc1cccc(OCC(=O)N2CCCC2)c1. The molecule has 0 radical (unpaired) electrons. The first-order chi connectivity index (χ1) is 12.2. The monoisotopic (exact) mass is 345 g/mol. The summed E-state index contributed by atoms with van der Waals surface area (Å²) in [5, 5.41) is 2.96. The number of nitrogens with zero attached hydrogens (tertiary/aromatic N) is 1. The van der Waals surface area contributed by atoms with E-state index in [2.05, 4.69) is 5.32 Å². The van der Waals surface area contributed by atoms with Crippen molar-refractivity contribution in [2.24, 2.45) is 17.6 Å². The zero-order chi connectivity index (χ0) is 17.6.